The average molecular weight is 126 g/mol. The largest absolute Gasteiger partial charge is 0.389 e. The summed E-state index contributed by atoms with van der Waals surface area (Å²) in [6.07, 6.45) is 4.77. The molecule has 0 heterocycles. The van der Waals surface area contributed by atoms with E-state index < -0.39 is 6.10 Å². The molecule has 50 valence electrons. The van der Waals surface area contributed by atoms with Gasteiger partial charge in [0.15, 0.2) is 5.78 Å². The molecule has 0 spiro atoms. The lowest BCUT2D eigenvalue weighted by Crippen LogP contribution is -1.98. The Kier molecular flexibility index (Phi) is 2.01. The first-order valence-corrected chi connectivity index (χ1v) is 3.18. The lowest BCUT2D eigenvalue weighted by atomic mass is 10.2. The summed E-state index contributed by atoms with van der Waals surface area (Å²) in [5.74, 6) is 0.131. The van der Waals surface area contributed by atoms with Gasteiger partial charge in [-0.1, -0.05) is 6.08 Å². The minimum atomic E-state index is -0.392. The normalized spacial score (nSPS) is 28.1. The van der Waals surface area contributed by atoms with Crippen LogP contribution in [0, 0.1) is 0 Å². The van der Waals surface area contributed by atoms with Gasteiger partial charge in [-0.15, -0.1) is 0 Å². The number of carbonyl (C=O) groups is 1. The average Bonchev–Trinajstić information content (AvgIpc) is 1.97. The van der Waals surface area contributed by atoms with Crippen LogP contribution in [0.2, 0.25) is 0 Å². The molecule has 2 nitrogen and oxygen atoms in total. The van der Waals surface area contributed by atoms with E-state index in [1.54, 1.807) is 6.08 Å². The first kappa shape index (κ1) is 6.49. The summed E-state index contributed by atoms with van der Waals surface area (Å²) in [7, 11) is 0. The minimum absolute atomic E-state index is 0.131. The van der Waals surface area contributed by atoms with E-state index in [1.165, 1.54) is 6.08 Å². The van der Waals surface area contributed by atoms with Crippen molar-refractivity contribution in [3.8, 4) is 0 Å². The fraction of sp³-hybridized carbons (Fsp3) is 0.571. The van der Waals surface area contributed by atoms with Crippen LogP contribution in [0.1, 0.15) is 19.3 Å². The van der Waals surface area contributed by atoms with Crippen LogP contribution >= 0.6 is 0 Å². The third-order valence-electron chi connectivity index (χ3n) is 1.43. The molecule has 0 radical (unpaired) electrons. The van der Waals surface area contributed by atoms with Crippen LogP contribution in [0.3, 0.4) is 0 Å². The van der Waals surface area contributed by atoms with E-state index >= 15 is 0 Å². The topological polar surface area (TPSA) is 37.3 Å². The second-order valence-electron chi connectivity index (χ2n) is 2.29. The minimum Gasteiger partial charge on any atom is -0.389 e. The maximum Gasteiger partial charge on any atom is 0.155 e. The standard InChI is InChI=1S/C7H10O2/c8-6-2-1-3-7(9)5-4-6/h4-6,8H,1-3H2/t6-/m1/s1. The van der Waals surface area contributed by atoms with Gasteiger partial charge in [0.1, 0.15) is 0 Å². The first-order valence-electron chi connectivity index (χ1n) is 3.18. The monoisotopic (exact) mass is 126 g/mol. The third kappa shape index (κ3) is 1.98. The Bertz CT molecular complexity index is 138. The van der Waals surface area contributed by atoms with Crippen molar-refractivity contribution < 1.29 is 9.90 Å². The summed E-state index contributed by atoms with van der Waals surface area (Å²) in [6.45, 7) is 0. The fourth-order valence-electron chi connectivity index (χ4n) is 0.883. The van der Waals surface area contributed by atoms with E-state index in [4.69, 9.17) is 5.11 Å². The van der Waals surface area contributed by atoms with Crippen LogP contribution in [-0.2, 0) is 4.79 Å². The Morgan fingerprint density at radius 2 is 2.44 bits per heavy atom. The van der Waals surface area contributed by atoms with Gasteiger partial charge < -0.3 is 5.11 Å². The highest BCUT2D eigenvalue weighted by Crippen LogP contribution is 2.07. The molecular formula is C7H10O2. The molecule has 0 amide bonds. The number of aliphatic hydroxyl groups excluding tert-OH is 1. The van der Waals surface area contributed by atoms with Gasteiger partial charge in [-0.05, 0) is 18.9 Å². The van der Waals surface area contributed by atoms with Gasteiger partial charge in [-0.2, -0.15) is 0 Å². The zero-order valence-corrected chi connectivity index (χ0v) is 5.21. The van der Waals surface area contributed by atoms with Crippen LogP contribution in [0.4, 0.5) is 0 Å². The molecule has 0 aromatic rings. The molecule has 0 saturated carbocycles. The van der Waals surface area contributed by atoms with Crippen molar-refractivity contribution in [3.05, 3.63) is 12.2 Å². The van der Waals surface area contributed by atoms with E-state index in [-0.39, 0.29) is 5.78 Å². The van der Waals surface area contributed by atoms with Crippen molar-refractivity contribution in [3.63, 3.8) is 0 Å². The summed E-state index contributed by atoms with van der Waals surface area (Å²) in [5.41, 5.74) is 0. The zero-order valence-electron chi connectivity index (χ0n) is 5.21. The predicted molar refractivity (Wildman–Crippen MR) is 34.0 cm³/mol. The molecule has 1 aliphatic carbocycles. The van der Waals surface area contributed by atoms with Crippen molar-refractivity contribution >= 4 is 5.78 Å². The second kappa shape index (κ2) is 2.78. The van der Waals surface area contributed by atoms with Crippen molar-refractivity contribution in [1.82, 2.24) is 0 Å². The van der Waals surface area contributed by atoms with E-state index in [1.807, 2.05) is 0 Å². The van der Waals surface area contributed by atoms with Crippen LogP contribution in [0.5, 0.6) is 0 Å². The molecule has 1 N–H and O–H groups in total. The Labute approximate surface area is 54.2 Å². The summed E-state index contributed by atoms with van der Waals surface area (Å²) >= 11 is 0. The highest BCUT2D eigenvalue weighted by molar-refractivity contribution is 5.89. The molecule has 0 aromatic carbocycles. The summed E-state index contributed by atoms with van der Waals surface area (Å²) in [5, 5.41) is 8.97. The van der Waals surface area contributed by atoms with E-state index in [9.17, 15) is 4.79 Å². The van der Waals surface area contributed by atoms with E-state index in [0.717, 1.165) is 12.8 Å². The van der Waals surface area contributed by atoms with Gasteiger partial charge in [0, 0.05) is 6.42 Å². The molecule has 1 atom stereocenters. The number of aliphatic hydroxyl groups is 1. The molecule has 0 saturated heterocycles. The fourth-order valence-corrected chi connectivity index (χ4v) is 0.883. The molecule has 0 bridgehead atoms. The van der Waals surface area contributed by atoms with Gasteiger partial charge in [0.2, 0.25) is 0 Å². The molecular weight excluding hydrogens is 116 g/mol. The number of carbonyl (C=O) groups excluding carboxylic acids is 1. The number of ketones is 1. The molecule has 0 unspecified atom stereocenters. The molecule has 0 fully saturated rings. The Morgan fingerprint density at radius 3 is 3.22 bits per heavy atom. The van der Waals surface area contributed by atoms with Crippen LogP contribution in [-0.4, -0.2) is 17.0 Å². The Hall–Kier alpha value is -0.630. The quantitative estimate of drug-likeness (QED) is 0.517. The summed E-state index contributed by atoms with van der Waals surface area (Å²) in [4.78, 5) is 10.6. The summed E-state index contributed by atoms with van der Waals surface area (Å²) in [6, 6.07) is 0. The molecule has 2 heteroatoms. The third-order valence-corrected chi connectivity index (χ3v) is 1.43. The highest BCUT2D eigenvalue weighted by atomic mass is 16.3. The van der Waals surface area contributed by atoms with Gasteiger partial charge in [0.25, 0.3) is 0 Å². The number of hydrogen-bond donors (Lipinski definition) is 1. The molecule has 1 rings (SSSR count). The lowest BCUT2D eigenvalue weighted by molar-refractivity contribution is -0.114. The predicted octanol–water partition coefficient (Wildman–Crippen LogP) is 0.656. The molecule has 9 heavy (non-hydrogen) atoms. The lowest BCUT2D eigenvalue weighted by Gasteiger charge is -1.97. The maximum atomic E-state index is 10.6. The second-order valence-corrected chi connectivity index (χ2v) is 2.29. The van der Waals surface area contributed by atoms with Crippen molar-refractivity contribution in [2.45, 2.75) is 25.4 Å². The maximum absolute atomic E-state index is 10.6. The highest BCUT2D eigenvalue weighted by Gasteiger charge is 2.06. The summed E-state index contributed by atoms with van der Waals surface area (Å²) < 4.78 is 0. The molecule has 0 aliphatic heterocycles. The SMILES string of the molecule is O=C1C=C[C@H](O)CCC1. The van der Waals surface area contributed by atoms with Crippen LogP contribution < -0.4 is 0 Å². The van der Waals surface area contributed by atoms with Crippen LogP contribution in [0.15, 0.2) is 12.2 Å². The first-order chi connectivity index (χ1) is 4.29. The van der Waals surface area contributed by atoms with E-state index in [0.29, 0.717) is 6.42 Å². The smallest absolute Gasteiger partial charge is 0.155 e. The molecule has 1 aliphatic rings. The van der Waals surface area contributed by atoms with E-state index in [2.05, 4.69) is 0 Å². The van der Waals surface area contributed by atoms with Gasteiger partial charge in [-0.25, -0.2) is 0 Å². The van der Waals surface area contributed by atoms with Crippen molar-refractivity contribution in [2.24, 2.45) is 0 Å². The van der Waals surface area contributed by atoms with Crippen molar-refractivity contribution in [1.29, 1.82) is 0 Å². The Balaban J connectivity index is 2.52. The van der Waals surface area contributed by atoms with Gasteiger partial charge in [0.05, 0.1) is 6.10 Å². The van der Waals surface area contributed by atoms with Gasteiger partial charge >= 0.3 is 0 Å². The number of rotatable bonds is 0. The number of hydrogen-bond acceptors (Lipinski definition) is 2. The van der Waals surface area contributed by atoms with Gasteiger partial charge in [-0.3, -0.25) is 4.79 Å². The Morgan fingerprint density at radius 1 is 1.67 bits per heavy atom. The van der Waals surface area contributed by atoms with Crippen molar-refractivity contribution in [2.75, 3.05) is 0 Å². The molecule has 0 aromatic heterocycles. The van der Waals surface area contributed by atoms with Crippen LogP contribution in [0.25, 0.3) is 0 Å². The number of allylic oxidation sites excluding steroid dienone is 1. The zero-order chi connectivity index (χ0) is 6.69.